The molecule has 110 valence electrons. The quantitative estimate of drug-likeness (QED) is 0.846. The molecule has 0 spiro atoms. The summed E-state index contributed by atoms with van der Waals surface area (Å²) in [5.74, 6) is 0.735. The number of ether oxygens (including phenoxy) is 1. The maximum absolute atomic E-state index is 6.11. The fraction of sp³-hybridized carbons (Fsp3) is 0.750. The van der Waals surface area contributed by atoms with Crippen molar-refractivity contribution in [3.05, 3.63) is 23.8 Å². The highest BCUT2D eigenvalue weighted by atomic mass is 16.5. The van der Waals surface area contributed by atoms with Gasteiger partial charge in [-0.15, -0.1) is 0 Å². The van der Waals surface area contributed by atoms with E-state index in [4.69, 9.17) is 4.74 Å². The summed E-state index contributed by atoms with van der Waals surface area (Å²) in [7, 11) is 0. The van der Waals surface area contributed by atoms with Gasteiger partial charge in [-0.2, -0.15) is 0 Å². The molecule has 20 heavy (non-hydrogen) atoms. The first-order valence-corrected chi connectivity index (χ1v) is 7.94. The molecular weight excluding hydrogens is 250 g/mol. The second kappa shape index (κ2) is 6.64. The van der Waals surface area contributed by atoms with Crippen molar-refractivity contribution in [1.29, 1.82) is 0 Å². The van der Waals surface area contributed by atoms with Gasteiger partial charge in [-0.05, 0) is 30.7 Å². The van der Waals surface area contributed by atoms with E-state index in [9.17, 15) is 0 Å². The highest BCUT2D eigenvalue weighted by Gasteiger charge is 2.22. The fourth-order valence-electron chi connectivity index (χ4n) is 3.36. The normalized spacial score (nSPS) is 27.2. The SMILES string of the molecule is C[C@H]1CCCC[C@@H]1OCCN1CCc2cncnc2C1. The molecule has 1 saturated carbocycles. The Labute approximate surface area is 121 Å². The Morgan fingerprint density at radius 2 is 2.25 bits per heavy atom. The molecule has 1 aliphatic heterocycles. The summed E-state index contributed by atoms with van der Waals surface area (Å²) in [6, 6.07) is 0. The molecule has 1 aromatic heterocycles. The molecule has 2 aliphatic rings. The molecule has 0 radical (unpaired) electrons. The lowest BCUT2D eigenvalue weighted by Crippen LogP contribution is -2.35. The van der Waals surface area contributed by atoms with E-state index >= 15 is 0 Å². The zero-order valence-electron chi connectivity index (χ0n) is 12.4. The first kappa shape index (κ1) is 14.0. The molecule has 4 heteroatoms. The van der Waals surface area contributed by atoms with E-state index in [-0.39, 0.29) is 0 Å². The van der Waals surface area contributed by atoms with Crippen molar-refractivity contribution in [2.24, 2.45) is 5.92 Å². The smallest absolute Gasteiger partial charge is 0.115 e. The zero-order valence-corrected chi connectivity index (χ0v) is 12.4. The Balaban J connectivity index is 1.43. The number of rotatable bonds is 4. The number of hydrogen-bond donors (Lipinski definition) is 0. The number of fused-ring (bicyclic) bond motifs is 1. The summed E-state index contributed by atoms with van der Waals surface area (Å²) in [6.07, 6.45) is 10.5. The lowest BCUT2D eigenvalue weighted by Gasteiger charge is -2.31. The van der Waals surface area contributed by atoms with Gasteiger partial charge in [-0.3, -0.25) is 4.90 Å². The van der Waals surface area contributed by atoms with Gasteiger partial charge in [-0.1, -0.05) is 19.8 Å². The molecule has 0 saturated heterocycles. The second-order valence-electron chi connectivity index (χ2n) is 6.19. The van der Waals surface area contributed by atoms with E-state index in [1.165, 1.54) is 36.9 Å². The van der Waals surface area contributed by atoms with Crippen LogP contribution in [-0.2, 0) is 17.7 Å². The van der Waals surface area contributed by atoms with Crippen molar-refractivity contribution < 1.29 is 4.74 Å². The van der Waals surface area contributed by atoms with Crippen LogP contribution < -0.4 is 0 Å². The summed E-state index contributed by atoms with van der Waals surface area (Å²) >= 11 is 0. The summed E-state index contributed by atoms with van der Waals surface area (Å²) in [4.78, 5) is 10.9. The average Bonchev–Trinajstić information content (AvgIpc) is 2.49. The van der Waals surface area contributed by atoms with Crippen LogP contribution in [-0.4, -0.2) is 40.7 Å². The van der Waals surface area contributed by atoms with Crippen molar-refractivity contribution in [3.63, 3.8) is 0 Å². The minimum atomic E-state index is 0.489. The van der Waals surface area contributed by atoms with Crippen LogP contribution in [0.1, 0.15) is 43.9 Å². The van der Waals surface area contributed by atoms with E-state index in [0.717, 1.165) is 38.6 Å². The fourth-order valence-corrected chi connectivity index (χ4v) is 3.36. The second-order valence-corrected chi connectivity index (χ2v) is 6.19. The Morgan fingerprint density at radius 3 is 3.15 bits per heavy atom. The van der Waals surface area contributed by atoms with Crippen molar-refractivity contribution in [2.45, 2.75) is 51.7 Å². The van der Waals surface area contributed by atoms with Gasteiger partial charge in [0, 0.05) is 25.8 Å². The van der Waals surface area contributed by atoms with Crippen LogP contribution in [0.4, 0.5) is 0 Å². The van der Waals surface area contributed by atoms with Crippen LogP contribution in [0.2, 0.25) is 0 Å². The third-order valence-corrected chi connectivity index (χ3v) is 4.72. The summed E-state index contributed by atoms with van der Waals surface area (Å²) in [5, 5.41) is 0. The van der Waals surface area contributed by atoms with Crippen LogP contribution >= 0.6 is 0 Å². The lowest BCUT2D eigenvalue weighted by atomic mass is 9.88. The molecule has 1 aliphatic carbocycles. The molecule has 0 aromatic carbocycles. The van der Waals surface area contributed by atoms with Crippen molar-refractivity contribution in [3.8, 4) is 0 Å². The molecular formula is C16H25N3O. The van der Waals surface area contributed by atoms with Gasteiger partial charge in [0.2, 0.25) is 0 Å². The number of nitrogens with zero attached hydrogens (tertiary/aromatic N) is 3. The summed E-state index contributed by atoms with van der Waals surface area (Å²) in [6.45, 7) is 6.26. The molecule has 1 aromatic rings. The zero-order chi connectivity index (χ0) is 13.8. The van der Waals surface area contributed by atoms with Crippen LogP contribution in [0.5, 0.6) is 0 Å². The van der Waals surface area contributed by atoms with E-state index in [0.29, 0.717) is 6.10 Å². The molecule has 2 heterocycles. The summed E-state index contributed by atoms with van der Waals surface area (Å²) < 4.78 is 6.11. The van der Waals surface area contributed by atoms with E-state index in [1.807, 2.05) is 6.20 Å². The standard InChI is InChI=1S/C16H25N3O/c1-13-4-2-3-5-16(13)20-9-8-19-7-6-14-10-17-12-18-15(14)11-19/h10,12-13,16H,2-9,11H2,1H3/t13-,16-/m0/s1. The van der Waals surface area contributed by atoms with E-state index < -0.39 is 0 Å². The Hall–Kier alpha value is -1.00. The van der Waals surface area contributed by atoms with Gasteiger partial charge in [0.05, 0.1) is 18.4 Å². The van der Waals surface area contributed by atoms with Gasteiger partial charge < -0.3 is 4.74 Å². The maximum atomic E-state index is 6.11. The maximum Gasteiger partial charge on any atom is 0.115 e. The van der Waals surface area contributed by atoms with E-state index in [2.05, 4.69) is 21.8 Å². The first-order chi connectivity index (χ1) is 9.83. The topological polar surface area (TPSA) is 38.2 Å². The predicted molar refractivity (Wildman–Crippen MR) is 78.4 cm³/mol. The third kappa shape index (κ3) is 3.36. The average molecular weight is 275 g/mol. The lowest BCUT2D eigenvalue weighted by molar-refractivity contribution is -0.0151. The van der Waals surface area contributed by atoms with Gasteiger partial charge in [0.1, 0.15) is 6.33 Å². The molecule has 0 unspecified atom stereocenters. The van der Waals surface area contributed by atoms with Gasteiger partial charge in [0.25, 0.3) is 0 Å². The van der Waals surface area contributed by atoms with Crippen LogP contribution in [0.3, 0.4) is 0 Å². The van der Waals surface area contributed by atoms with Crippen molar-refractivity contribution >= 4 is 0 Å². The highest BCUT2D eigenvalue weighted by Crippen LogP contribution is 2.26. The van der Waals surface area contributed by atoms with Crippen molar-refractivity contribution in [2.75, 3.05) is 19.7 Å². The minimum Gasteiger partial charge on any atom is -0.377 e. The Bertz CT molecular complexity index is 437. The predicted octanol–water partition coefficient (Wildman–Crippen LogP) is 2.43. The van der Waals surface area contributed by atoms with Gasteiger partial charge in [-0.25, -0.2) is 9.97 Å². The number of aromatic nitrogens is 2. The molecule has 1 fully saturated rings. The van der Waals surface area contributed by atoms with Crippen LogP contribution in [0.25, 0.3) is 0 Å². The Morgan fingerprint density at radius 1 is 1.35 bits per heavy atom. The molecule has 2 atom stereocenters. The highest BCUT2D eigenvalue weighted by molar-refractivity contribution is 5.18. The third-order valence-electron chi connectivity index (χ3n) is 4.72. The van der Waals surface area contributed by atoms with Gasteiger partial charge >= 0.3 is 0 Å². The summed E-state index contributed by atoms with van der Waals surface area (Å²) in [5.41, 5.74) is 2.50. The molecule has 4 nitrogen and oxygen atoms in total. The monoisotopic (exact) mass is 275 g/mol. The molecule has 3 rings (SSSR count). The largest absolute Gasteiger partial charge is 0.377 e. The van der Waals surface area contributed by atoms with Crippen LogP contribution in [0, 0.1) is 5.92 Å². The Kier molecular flexibility index (Phi) is 4.63. The molecule has 0 bridgehead atoms. The van der Waals surface area contributed by atoms with Gasteiger partial charge in [0.15, 0.2) is 0 Å². The first-order valence-electron chi connectivity index (χ1n) is 7.94. The number of hydrogen-bond acceptors (Lipinski definition) is 4. The van der Waals surface area contributed by atoms with Crippen LogP contribution in [0.15, 0.2) is 12.5 Å². The van der Waals surface area contributed by atoms with Crippen molar-refractivity contribution in [1.82, 2.24) is 14.9 Å². The van der Waals surface area contributed by atoms with E-state index in [1.54, 1.807) is 6.33 Å². The molecule has 0 amide bonds. The minimum absolute atomic E-state index is 0.489. The molecule has 0 N–H and O–H groups in total.